The lowest BCUT2D eigenvalue weighted by atomic mass is 10.0. The summed E-state index contributed by atoms with van der Waals surface area (Å²) in [5.41, 5.74) is 1.17. The van der Waals surface area contributed by atoms with Gasteiger partial charge in [0, 0.05) is 10.6 Å². The molecule has 1 saturated heterocycles. The predicted molar refractivity (Wildman–Crippen MR) is 123 cm³/mol. The van der Waals surface area contributed by atoms with Gasteiger partial charge < -0.3 is 9.47 Å². The van der Waals surface area contributed by atoms with Crippen molar-refractivity contribution in [3.63, 3.8) is 0 Å². The van der Waals surface area contributed by atoms with Crippen molar-refractivity contribution in [2.24, 2.45) is 0 Å². The molecule has 1 N–H and O–H groups in total. The highest BCUT2D eigenvalue weighted by atomic mass is 35.5. The van der Waals surface area contributed by atoms with E-state index in [4.69, 9.17) is 26.3 Å². The fourth-order valence-electron chi connectivity index (χ4n) is 3.25. The molecule has 1 heterocycles. The van der Waals surface area contributed by atoms with E-state index < -0.39 is 17.8 Å². The summed E-state index contributed by atoms with van der Waals surface area (Å²) in [6.07, 6.45) is 3.42. The van der Waals surface area contributed by atoms with Crippen LogP contribution >= 0.6 is 11.6 Å². The maximum atomic E-state index is 13.1. The van der Waals surface area contributed by atoms with Gasteiger partial charge >= 0.3 is 6.03 Å². The third kappa shape index (κ3) is 5.22. The normalized spacial score (nSPS) is 14.6. The fourth-order valence-corrected chi connectivity index (χ4v) is 3.38. The maximum absolute atomic E-state index is 13.1. The summed E-state index contributed by atoms with van der Waals surface area (Å²) in [7, 11) is 0. The number of carbonyl (C=O) groups is 3. The minimum atomic E-state index is -0.855. The number of anilines is 1. The van der Waals surface area contributed by atoms with Gasteiger partial charge in [0.2, 0.25) is 0 Å². The number of hydrogen-bond donors (Lipinski definition) is 1. The van der Waals surface area contributed by atoms with Crippen LogP contribution in [0.2, 0.25) is 5.02 Å². The van der Waals surface area contributed by atoms with Gasteiger partial charge in [-0.2, -0.15) is 5.26 Å². The monoisotopic (exact) mass is 465 g/mol. The van der Waals surface area contributed by atoms with Gasteiger partial charge in [0.1, 0.15) is 11.6 Å². The van der Waals surface area contributed by atoms with Gasteiger partial charge in [-0.25, -0.2) is 9.69 Å². The first-order chi connectivity index (χ1) is 15.9. The summed E-state index contributed by atoms with van der Waals surface area (Å²) in [5, 5.41) is 11.5. The molecule has 33 heavy (non-hydrogen) atoms. The number of benzene rings is 2. The topological polar surface area (TPSA) is 109 Å². The molecule has 168 valence electrons. The smallest absolute Gasteiger partial charge is 0.335 e. The summed E-state index contributed by atoms with van der Waals surface area (Å²) < 4.78 is 11.2. The Morgan fingerprint density at radius 1 is 1.18 bits per heavy atom. The molecule has 1 fully saturated rings. The molecule has 8 nitrogen and oxygen atoms in total. The van der Waals surface area contributed by atoms with Gasteiger partial charge in [0.15, 0.2) is 18.1 Å². The molecule has 0 unspecified atom stereocenters. The van der Waals surface area contributed by atoms with Gasteiger partial charge in [0.25, 0.3) is 11.8 Å². The molecular weight excluding hydrogens is 446 g/mol. The van der Waals surface area contributed by atoms with Crippen LogP contribution in [-0.2, 0) is 16.0 Å². The van der Waals surface area contributed by atoms with Crippen molar-refractivity contribution in [3.8, 4) is 17.6 Å². The standard InChI is InChI=1S/C24H20ClN3O5/c1-3-5-16-12-15(14-20(32-4-2)21(16)33-11-10-26)13-19-22(29)27-24(31)28(23(19)30)18-8-6-17(25)7-9-18/h3,6-9,12-14H,1,4-5,11H2,2H3,(H,27,29,31)/b19-13+. The summed E-state index contributed by atoms with van der Waals surface area (Å²) >= 11 is 5.89. The van der Waals surface area contributed by atoms with Crippen LogP contribution < -0.4 is 19.7 Å². The predicted octanol–water partition coefficient (Wildman–Crippen LogP) is 4.04. The zero-order valence-corrected chi connectivity index (χ0v) is 18.5. The van der Waals surface area contributed by atoms with Crippen molar-refractivity contribution < 1.29 is 23.9 Å². The number of urea groups is 1. The molecule has 0 atom stereocenters. The molecule has 2 aromatic carbocycles. The molecule has 0 bridgehead atoms. The molecule has 0 spiro atoms. The van der Waals surface area contributed by atoms with Crippen molar-refractivity contribution in [2.45, 2.75) is 13.3 Å². The van der Waals surface area contributed by atoms with Crippen molar-refractivity contribution in [1.82, 2.24) is 5.32 Å². The van der Waals surface area contributed by atoms with Crippen LogP contribution in [0.15, 0.2) is 54.6 Å². The third-order valence-corrected chi connectivity index (χ3v) is 4.85. The van der Waals surface area contributed by atoms with Crippen LogP contribution in [0.3, 0.4) is 0 Å². The Bertz CT molecular complexity index is 1180. The Kier molecular flexibility index (Phi) is 7.49. The lowest BCUT2D eigenvalue weighted by Crippen LogP contribution is -2.54. The first-order valence-electron chi connectivity index (χ1n) is 9.97. The molecule has 2 aromatic rings. The van der Waals surface area contributed by atoms with Gasteiger partial charge in [-0.15, -0.1) is 6.58 Å². The highest BCUT2D eigenvalue weighted by Crippen LogP contribution is 2.35. The van der Waals surface area contributed by atoms with E-state index in [9.17, 15) is 14.4 Å². The lowest BCUT2D eigenvalue weighted by molar-refractivity contribution is -0.122. The Morgan fingerprint density at radius 3 is 2.55 bits per heavy atom. The zero-order valence-electron chi connectivity index (χ0n) is 17.8. The number of allylic oxidation sites excluding steroid dienone is 1. The van der Waals surface area contributed by atoms with E-state index in [1.54, 1.807) is 25.1 Å². The second-order valence-corrected chi connectivity index (χ2v) is 7.25. The van der Waals surface area contributed by atoms with Crippen molar-refractivity contribution >= 4 is 41.2 Å². The molecular formula is C24H20ClN3O5. The average molecular weight is 466 g/mol. The second-order valence-electron chi connectivity index (χ2n) is 6.81. The van der Waals surface area contributed by atoms with E-state index in [-0.39, 0.29) is 17.9 Å². The van der Waals surface area contributed by atoms with E-state index >= 15 is 0 Å². The van der Waals surface area contributed by atoms with Crippen LogP contribution in [-0.4, -0.2) is 31.1 Å². The van der Waals surface area contributed by atoms with Gasteiger partial charge in [0.05, 0.1) is 12.3 Å². The summed E-state index contributed by atoms with van der Waals surface area (Å²) in [6.45, 7) is 5.67. The molecule has 0 aliphatic carbocycles. The summed E-state index contributed by atoms with van der Waals surface area (Å²) in [6, 6.07) is 10.4. The number of nitrogens with zero attached hydrogens (tertiary/aromatic N) is 2. The van der Waals surface area contributed by atoms with Crippen LogP contribution in [0, 0.1) is 11.3 Å². The van der Waals surface area contributed by atoms with Crippen LogP contribution in [0.4, 0.5) is 10.5 Å². The van der Waals surface area contributed by atoms with Crippen molar-refractivity contribution in [3.05, 3.63) is 70.8 Å². The number of halogens is 1. The number of hydrogen-bond acceptors (Lipinski definition) is 6. The largest absolute Gasteiger partial charge is 0.490 e. The Hall–Kier alpha value is -4.09. The van der Waals surface area contributed by atoms with E-state index in [0.29, 0.717) is 40.7 Å². The van der Waals surface area contributed by atoms with E-state index in [1.165, 1.54) is 30.3 Å². The maximum Gasteiger partial charge on any atom is 0.335 e. The number of ether oxygens (including phenoxy) is 2. The van der Waals surface area contributed by atoms with Crippen molar-refractivity contribution in [2.75, 3.05) is 18.1 Å². The fraction of sp³-hybridized carbons (Fsp3) is 0.167. The first kappa shape index (κ1) is 23.6. The molecule has 1 aliphatic heterocycles. The molecule has 0 aromatic heterocycles. The Balaban J connectivity index is 2.07. The van der Waals surface area contributed by atoms with E-state index in [0.717, 1.165) is 4.90 Å². The molecule has 0 saturated carbocycles. The highest BCUT2D eigenvalue weighted by molar-refractivity contribution is 6.39. The van der Waals surface area contributed by atoms with E-state index in [1.807, 2.05) is 6.07 Å². The SMILES string of the molecule is C=CCc1cc(/C=C2\C(=O)NC(=O)N(c3ccc(Cl)cc3)C2=O)cc(OCC)c1OCC#N. The number of nitriles is 1. The van der Waals surface area contributed by atoms with Crippen LogP contribution in [0.1, 0.15) is 18.1 Å². The van der Waals surface area contributed by atoms with Gasteiger partial charge in [-0.1, -0.05) is 17.7 Å². The molecule has 0 radical (unpaired) electrons. The van der Waals surface area contributed by atoms with Crippen LogP contribution in [0.5, 0.6) is 11.5 Å². The highest BCUT2D eigenvalue weighted by Gasteiger charge is 2.36. The number of rotatable bonds is 8. The molecule has 3 rings (SSSR count). The average Bonchev–Trinajstić information content (AvgIpc) is 2.78. The quantitative estimate of drug-likeness (QED) is 0.358. The number of amides is 4. The zero-order chi connectivity index (χ0) is 24.0. The summed E-state index contributed by atoms with van der Waals surface area (Å²) in [4.78, 5) is 38.8. The third-order valence-electron chi connectivity index (χ3n) is 4.60. The van der Waals surface area contributed by atoms with Gasteiger partial charge in [-0.05, 0) is 61.4 Å². The Morgan fingerprint density at radius 2 is 1.91 bits per heavy atom. The number of barbiturate groups is 1. The van der Waals surface area contributed by atoms with Crippen molar-refractivity contribution in [1.29, 1.82) is 5.26 Å². The number of imide groups is 2. The summed E-state index contributed by atoms with van der Waals surface area (Å²) in [5.74, 6) is -0.853. The lowest BCUT2D eigenvalue weighted by Gasteiger charge is -2.26. The minimum absolute atomic E-state index is 0.177. The number of carbonyl (C=O) groups excluding carboxylic acids is 3. The minimum Gasteiger partial charge on any atom is -0.490 e. The molecule has 9 heteroatoms. The van der Waals surface area contributed by atoms with Crippen LogP contribution in [0.25, 0.3) is 6.08 Å². The number of nitrogens with one attached hydrogen (secondary N) is 1. The first-order valence-corrected chi connectivity index (χ1v) is 10.3. The molecule has 4 amide bonds. The van der Waals surface area contributed by atoms with E-state index in [2.05, 4.69) is 11.9 Å². The Labute approximate surface area is 195 Å². The van der Waals surface area contributed by atoms with Gasteiger partial charge in [-0.3, -0.25) is 14.9 Å². The molecule has 1 aliphatic rings. The second kappa shape index (κ2) is 10.5.